The fourth-order valence-electron chi connectivity index (χ4n) is 3.41. The van der Waals surface area contributed by atoms with Crippen molar-refractivity contribution in [2.75, 3.05) is 19.4 Å². The normalized spacial score (nSPS) is 13.2. The van der Waals surface area contributed by atoms with Crippen molar-refractivity contribution in [1.82, 2.24) is 4.31 Å². The SMILES string of the molecule is Cc1cc(NC(=O)C(=O)O)c2c(c1Oc1ccc(O)c(S(=O)(=O)N(C)C)c1)CCC2. The van der Waals surface area contributed by atoms with Gasteiger partial charge in [0.15, 0.2) is 0 Å². The number of carboxylic acids is 1. The molecule has 3 N–H and O–H groups in total. The number of nitrogens with one attached hydrogen (secondary N) is 1. The predicted octanol–water partition coefficient (Wildman–Crippen LogP) is 2.26. The van der Waals surface area contributed by atoms with Crippen LogP contribution in [0.4, 0.5) is 5.69 Å². The Morgan fingerprint density at radius 2 is 1.80 bits per heavy atom. The van der Waals surface area contributed by atoms with Gasteiger partial charge in [0.25, 0.3) is 0 Å². The molecule has 0 unspecified atom stereocenters. The highest BCUT2D eigenvalue weighted by atomic mass is 32.2. The quantitative estimate of drug-likeness (QED) is 0.615. The van der Waals surface area contributed by atoms with Crippen molar-refractivity contribution in [3.05, 3.63) is 41.0 Å². The number of phenols is 1. The van der Waals surface area contributed by atoms with Gasteiger partial charge < -0.3 is 20.3 Å². The minimum absolute atomic E-state index is 0.229. The van der Waals surface area contributed by atoms with E-state index in [2.05, 4.69) is 5.32 Å². The summed E-state index contributed by atoms with van der Waals surface area (Å²) in [6.45, 7) is 1.75. The topological polar surface area (TPSA) is 133 Å². The van der Waals surface area contributed by atoms with Crippen LogP contribution in [-0.4, -0.2) is 48.9 Å². The molecule has 0 aliphatic heterocycles. The standard InChI is InChI=1S/C20H22N2O7S/c1-11-9-15(21-19(24)20(25)26)13-5-4-6-14(13)18(11)29-12-7-8-16(23)17(10-12)30(27,28)22(2)3/h7-10,23H,4-6H2,1-3H3,(H,21,24)(H,25,26). The zero-order valence-corrected chi connectivity index (χ0v) is 17.5. The first-order valence-electron chi connectivity index (χ1n) is 9.15. The Balaban J connectivity index is 2.02. The van der Waals surface area contributed by atoms with Gasteiger partial charge in [0.05, 0.1) is 0 Å². The number of carboxylic acid groups (broad SMARTS) is 1. The third kappa shape index (κ3) is 3.96. The molecular weight excluding hydrogens is 412 g/mol. The zero-order valence-electron chi connectivity index (χ0n) is 16.7. The lowest BCUT2D eigenvalue weighted by atomic mass is 10.0. The number of nitrogens with zero attached hydrogens (tertiary/aromatic N) is 1. The average molecular weight is 434 g/mol. The minimum atomic E-state index is -3.87. The molecule has 0 spiro atoms. The van der Waals surface area contributed by atoms with Crippen LogP contribution in [0.3, 0.4) is 0 Å². The summed E-state index contributed by atoms with van der Waals surface area (Å²) in [5.41, 5.74) is 2.72. The number of aromatic hydroxyl groups is 1. The van der Waals surface area contributed by atoms with Crippen LogP contribution in [0.2, 0.25) is 0 Å². The van der Waals surface area contributed by atoms with E-state index in [0.29, 0.717) is 29.8 Å². The summed E-state index contributed by atoms with van der Waals surface area (Å²) >= 11 is 0. The average Bonchev–Trinajstić information content (AvgIpc) is 3.15. The molecule has 1 aliphatic carbocycles. The van der Waals surface area contributed by atoms with Crippen molar-refractivity contribution in [1.29, 1.82) is 0 Å². The summed E-state index contributed by atoms with van der Waals surface area (Å²) in [5.74, 6) is -2.32. The zero-order chi connectivity index (χ0) is 22.2. The molecule has 30 heavy (non-hydrogen) atoms. The molecule has 0 aromatic heterocycles. The molecule has 2 aromatic rings. The molecule has 0 fully saturated rings. The van der Waals surface area contributed by atoms with E-state index in [4.69, 9.17) is 9.84 Å². The number of sulfonamides is 1. The molecule has 0 atom stereocenters. The van der Waals surface area contributed by atoms with Crippen molar-refractivity contribution >= 4 is 27.6 Å². The lowest BCUT2D eigenvalue weighted by Crippen LogP contribution is -2.22. The lowest BCUT2D eigenvalue weighted by molar-refractivity contribution is -0.147. The van der Waals surface area contributed by atoms with Gasteiger partial charge in [0, 0.05) is 31.4 Å². The predicted molar refractivity (Wildman–Crippen MR) is 109 cm³/mol. The molecular formula is C20H22N2O7S. The van der Waals surface area contributed by atoms with Crippen LogP contribution < -0.4 is 10.1 Å². The van der Waals surface area contributed by atoms with E-state index in [-0.39, 0.29) is 16.4 Å². The Morgan fingerprint density at radius 3 is 2.43 bits per heavy atom. The summed E-state index contributed by atoms with van der Waals surface area (Å²) in [6, 6.07) is 5.61. The third-order valence-corrected chi connectivity index (χ3v) is 6.73. The van der Waals surface area contributed by atoms with E-state index < -0.39 is 21.9 Å². The Morgan fingerprint density at radius 1 is 1.13 bits per heavy atom. The highest BCUT2D eigenvalue weighted by Crippen LogP contribution is 2.41. The van der Waals surface area contributed by atoms with Gasteiger partial charge in [-0.2, -0.15) is 0 Å². The number of carbonyl (C=O) groups is 2. The van der Waals surface area contributed by atoms with Crippen LogP contribution in [0.1, 0.15) is 23.1 Å². The number of phenolic OH excluding ortho intramolecular Hbond substituents is 1. The van der Waals surface area contributed by atoms with Crippen LogP contribution in [0.15, 0.2) is 29.2 Å². The Labute approximate surface area is 173 Å². The summed E-state index contributed by atoms with van der Waals surface area (Å²) in [7, 11) is -1.14. The second-order valence-corrected chi connectivity index (χ2v) is 9.28. The van der Waals surface area contributed by atoms with Crippen molar-refractivity contribution in [2.45, 2.75) is 31.1 Å². The number of aryl methyl sites for hydroxylation is 1. The molecule has 10 heteroatoms. The number of hydrogen-bond acceptors (Lipinski definition) is 6. The summed E-state index contributed by atoms with van der Waals surface area (Å²) in [4.78, 5) is 22.2. The molecule has 0 heterocycles. The molecule has 0 radical (unpaired) electrons. The fourth-order valence-corrected chi connectivity index (χ4v) is 4.40. The molecule has 0 bridgehead atoms. The number of rotatable bonds is 5. The van der Waals surface area contributed by atoms with E-state index in [1.54, 1.807) is 13.0 Å². The summed E-state index contributed by atoms with van der Waals surface area (Å²) in [6.07, 6.45) is 2.13. The van der Waals surface area contributed by atoms with E-state index in [1.807, 2.05) is 0 Å². The molecule has 2 aromatic carbocycles. The summed E-state index contributed by atoms with van der Waals surface area (Å²) in [5, 5.41) is 21.3. The lowest BCUT2D eigenvalue weighted by Gasteiger charge is -2.18. The van der Waals surface area contributed by atoms with Gasteiger partial charge in [-0.15, -0.1) is 0 Å². The van der Waals surface area contributed by atoms with Crippen LogP contribution >= 0.6 is 0 Å². The number of carbonyl (C=O) groups excluding carboxylic acids is 1. The molecule has 0 saturated carbocycles. The number of hydrogen-bond donors (Lipinski definition) is 3. The number of ether oxygens (including phenoxy) is 1. The molecule has 3 rings (SSSR count). The molecule has 0 saturated heterocycles. The first kappa shape index (κ1) is 21.6. The largest absolute Gasteiger partial charge is 0.507 e. The van der Waals surface area contributed by atoms with E-state index in [1.165, 1.54) is 32.3 Å². The van der Waals surface area contributed by atoms with Gasteiger partial charge >= 0.3 is 11.9 Å². The molecule has 160 valence electrons. The van der Waals surface area contributed by atoms with E-state index in [0.717, 1.165) is 21.9 Å². The second-order valence-electron chi connectivity index (χ2n) is 7.16. The Kier molecular flexibility index (Phi) is 5.73. The van der Waals surface area contributed by atoms with Crippen molar-refractivity contribution in [3.8, 4) is 17.2 Å². The van der Waals surface area contributed by atoms with Crippen molar-refractivity contribution in [2.24, 2.45) is 0 Å². The third-order valence-electron chi connectivity index (χ3n) is 4.89. The van der Waals surface area contributed by atoms with Crippen LogP contribution in [0, 0.1) is 6.92 Å². The van der Waals surface area contributed by atoms with Gasteiger partial charge in [-0.1, -0.05) is 0 Å². The van der Waals surface area contributed by atoms with Gasteiger partial charge in [-0.3, -0.25) is 4.79 Å². The first-order valence-corrected chi connectivity index (χ1v) is 10.6. The van der Waals surface area contributed by atoms with Gasteiger partial charge in [0.2, 0.25) is 10.0 Å². The van der Waals surface area contributed by atoms with E-state index >= 15 is 0 Å². The smallest absolute Gasteiger partial charge is 0.394 e. The first-order chi connectivity index (χ1) is 14.0. The highest BCUT2D eigenvalue weighted by molar-refractivity contribution is 7.89. The number of benzene rings is 2. The maximum absolute atomic E-state index is 12.4. The molecule has 9 nitrogen and oxygen atoms in total. The molecule has 1 aliphatic rings. The number of aliphatic carboxylic acids is 1. The Bertz CT molecular complexity index is 1140. The number of anilines is 1. The Hall–Kier alpha value is -3.11. The number of amides is 1. The van der Waals surface area contributed by atoms with Crippen molar-refractivity contribution < 1.29 is 33.0 Å². The fraction of sp³-hybridized carbons (Fsp3) is 0.300. The van der Waals surface area contributed by atoms with Crippen LogP contribution in [0.5, 0.6) is 17.2 Å². The van der Waals surface area contributed by atoms with Gasteiger partial charge in [-0.25, -0.2) is 17.5 Å². The summed E-state index contributed by atoms with van der Waals surface area (Å²) < 4.78 is 31.9. The highest BCUT2D eigenvalue weighted by Gasteiger charge is 2.26. The monoisotopic (exact) mass is 434 g/mol. The van der Waals surface area contributed by atoms with Crippen molar-refractivity contribution in [3.63, 3.8) is 0 Å². The maximum atomic E-state index is 12.4. The maximum Gasteiger partial charge on any atom is 0.394 e. The second kappa shape index (κ2) is 7.96. The minimum Gasteiger partial charge on any atom is -0.507 e. The molecule has 1 amide bonds. The van der Waals surface area contributed by atoms with Crippen LogP contribution in [0.25, 0.3) is 0 Å². The van der Waals surface area contributed by atoms with E-state index in [9.17, 15) is 23.1 Å². The number of fused-ring (bicyclic) bond motifs is 1. The van der Waals surface area contributed by atoms with Crippen LogP contribution in [-0.2, 0) is 32.5 Å². The van der Waals surface area contributed by atoms with Gasteiger partial charge in [-0.05, 0) is 55.5 Å². The van der Waals surface area contributed by atoms with Gasteiger partial charge in [0.1, 0.15) is 22.1 Å².